The molecule has 0 saturated heterocycles. The summed E-state index contributed by atoms with van der Waals surface area (Å²) in [5.74, 6) is -4.45. The van der Waals surface area contributed by atoms with Crippen LogP contribution in [-0.2, 0) is 33.5 Å². The highest BCUT2D eigenvalue weighted by Crippen LogP contribution is 2.69. The van der Waals surface area contributed by atoms with Gasteiger partial charge in [-0.3, -0.25) is 24.8 Å². The Kier molecular flexibility index (Phi) is 12.8. The second-order valence-corrected chi connectivity index (χ2v) is 14.8. The van der Waals surface area contributed by atoms with Gasteiger partial charge in [-0.2, -0.15) is 0 Å². The Morgan fingerprint density at radius 1 is 1.04 bits per heavy atom. The van der Waals surface area contributed by atoms with Crippen LogP contribution in [-0.4, -0.2) is 118 Å². The van der Waals surface area contributed by atoms with Crippen molar-refractivity contribution in [1.29, 1.82) is 0 Å². The highest BCUT2D eigenvalue weighted by atomic mass is 19.1. The van der Waals surface area contributed by atoms with Crippen LogP contribution in [0.3, 0.4) is 0 Å². The van der Waals surface area contributed by atoms with Gasteiger partial charge < -0.3 is 39.6 Å². The molecule has 4 aliphatic rings. The van der Waals surface area contributed by atoms with Gasteiger partial charge in [0.1, 0.15) is 6.54 Å². The number of carbonyl (C=O) groups excluding carboxylic acids is 5. The van der Waals surface area contributed by atoms with Gasteiger partial charge in [0.2, 0.25) is 5.78 Å². The lowest BCUT2D eigenvalue weighted by atomic mass is 9.44. The van der Waals surface area contributed by atoms with Crippen LogP contribution in [0, 0.1) is 22.7 Å². The number of nitrogens with one attached hydrogen (secondary N) is 1. The number of alkyl carbamates (subject to hydrolysis) is 1. The first-order chi connectivity index (χ1) is 26.4. The van der Waals surface area contributed by atoms with E-state index in [4.69, 9.17) is 29.4 Å². The molecular formula is C38H47FN2O15. The number of ether oxygens (including phenoxy) is 4. The fraction of sp³-hybridized carbons (Fsp3) is 0.553. The maximum Gasteiger partial charge on any atom is 0.408 e. The maximum atomic E-state index is 17.3. The average Bonchev–Trinajstić information content (AvgIpc) is 3.35. The van der Waals surface area contributed by atoms with Crippen LogP contribution in [0.1, 0.15) is 57.9 Å². The molecular weight excluding hydrogens is 743 g/mol. The average molecular weight is 791 g/mol. The molecule has 0 aromatic heterocycles. The Hall–Kier alpha value is -4.56. The number of alkyl halides is 1. The highest BCUT2D eigenvalue weighted by Gasteiger charge is 2.76. The Morgan fingerprint density at radius 3 is 2.48 bits per heavy atom. The van der Waals surface area contributed by atoms with E-state index in [1.54, 1.807) is 6.92 Å². The van der Waals surface area contributed by atoms with Gasteiger partial charge in [0.05, 0.1) is 37.9 Å². The number of hydrogen-bond donors (Lipinski definition) is 6. The zero-order valence-corrected chi connectivity index (χ0v) is 31.1. The summed E-state index contributed by atoms with van der Waals surface area (Å²) < 4.78 is 37.9. The number of hydrogen-bond acceptors (Lipinski definition) is 16. The molecule has 3 saturated carbocycles. The minimum atomic E-state index is -2.51. The van der Waals surface area contributed by atoms with Gasteiger partial charge in [-0.15, -0.1) is 0 Å². The standard InChI is InChI=1S/C38H47FN2O15/c1-35-13-12-24(42)17-23(35)8-9-25-26-18-29(43)38(49,36(26,2)19-30(44)37(25,35)39)31(45)21-54-34(48)40-20-33(47)56-27-10-6-22(16-28(27)52-3)7-11-32(46)53-14-4-5-15-55-41(50)51/h6-7,10-13,16-17,25-26,29-30,43-44,49-51H,4-5,8-9,14-15,18-21H2,1-3H3,(H,40,48)/b11-7+/t25-,26-,29+,30-,35-,36-,37-,38?/m0/s1. The van der Waals surface area contributed by atoms with Crippen LogP contribution >= 0.6 is 0 Å². The number of nitrogens with zero attached hydrogens (tertiary/aromatic N) is 1. The molecule has 8 atom stereocenters. The van der Waals surface area contributed by atoms with Crippen molar-refractivity contribution in [3.05, 3.63) is 53.6 Å². The number of allylic oxidation sites excluding steroid dienone is 4. The quantitative estimate of drug-likeness (QED) is 0.0491. The van der Waals surface area contributed by atoms with E-state index >= 15 is 4.39 Å². The first-order valence-electron chi connectivity index (χ1n) is 18.1. The monoisotopic (exact) mass is 790 g/mol. The van der Waals surface area contributed by atoms with Crippen LogP contribution in [0.2, 0.25) is 0 Å². The number of amides is 1. The molecule has 1 amide bonds. The molecule has 0 radical (unpaired) electrons. The van der Waals surface area contributed by atoms with E-state index < -0.39 is 94.9 Å². The van der Waals surface area contributed by atoms with Crippen molar-refractivity contribution in [2.45, 2.75) is 75.9 Å². The lowest BCUT2D eigenvalue weighted by molar-refractivity contribution is -0.492. The third-order valence-corrected chi connectivity index (χ3v) is 11.8. The van der Waals surface area contributed by atoms with Gasteiger partial charge in [0, 0.05) is 22.8 Å². The molecule has 5 rings (SSSR count). The van der Waals surface area contributed by atoms with Gasteiger partial charge in [0.15, 0.2) is 35.2 Å². The number of fused-ring (bicyclic) bond motifs is 5. The number of benzene rings is 1. The van der Waals surface area contributed by atoms with E-state index in [0.29, 0.717) is 30.4 Å². The normalized spacial score (nSPS) is 31.9. The predicted molar refractivity (Wildman–Crippen MR) is 188 cm³/mol. The summed E-state index contributed by atoms with van der Waals surface area (Å²) in [7, 11) is 1.32. The molecule has 3 fully saturated rings. The molecule has 6 N–H and O–H groups in total. The molecule has 0 aliphatic heterocycles. The maximum absolute atomic E-state index is 17.3. The van der Waals surface area contributed by atoms with E-state index in [9.17, 15) is 39.3 Å². The highest BCUT2D eigenvalue weighted by molar-refractivity contribution is 6.01. The minimum Gasteiger partial charge on any atom is -0.493 e. The smallest absolute Gasteiger partial charge is 0.408 e. The molecule has 0 heterocycles. The molecule has 56 heavy (non-hydrogen) atoms. The van der Waals surface area contributed by atoms with E-state index in [1.807, 2.05) is 0 Å². The van der Waals surface area contributed by atoms with Crippen LogP contribution in [0.5, 0.6) is 11.5 Å². The van der Waals surface area contributed by atoms with E-state index in [0.717, 1.165) is 0 Å². The summed E-state index contributed by atoms with van der Waals surface area (Å²) in [5, 5.41) is 53.1. The van der Waals surface area contributed by atoms with Gasteiger partial charge in [-0.1, -0.05) is 24.6 Å². The molecule has 1 unspecified atom stereocenters. The van der Waals surface area contributed by atoms with Crippen molar-refractivity contribution in [3.63, 3.8) is 0 Å². The number of esters is 2. The summed E-state index contributed by atoms with van der Waals surface area (Å²) >= 11 is 0. The number of ketones is 2. The van der Waals surface area contributed by atoms with E-state index in [-0.39, 0.29) is 43.3 Å². The minimum absolute atomic E-state index is 0.0122. The van der Waals surface area contributed by atoms with Gasteiger partial charge >= 0.3 is 18.0 Å². The van der Waals surface area contributed by atoms with E-state index in [2.05, 4.69) is 10.2 Å². The summed E-state index contributed by atoms with van der Waals surface area (Å²) in [5.41, 5.74) is -6.52. The Labute approximate surface area is 321 Å². The topological polar surface area (TPSA) is 248 Å². The van der Waals surface area contributed by atoms with Gasteiger partial charge in [-0.05, 0) is 87.3 Å². The van der Waals surface area contributed by atoms with Crippen molar-refractivity contribution in [2.75, 3.05) is 33.5 Å². The second-order valence-electron chi connectivity index (χ2n) is 14.8. The summed E-state index contributed by atoms with van der Waals surface area (Å²) in [6.07, 6.45) is 3.02. The number of rotatable bonds is 15. The van der Waals surface area contributed by atoms with Crippen molar-refractivity contribution >= 4 is 35.7 Å². The molecule has 306 valence electrons. The number of aliphatic hydroxyl groups is 3. The molecule has 1 aromatic rings. The lowest BCUT2D eigenvalue weighted by Crippen LogP contribution is -2.69. The molecule has 4 aliphatic carbocycles. The second kappa shape index (κ2) is 16.9. The van der Waals surface area contributed by atoms with Crippen LogP contribution in [0.15, 0.2) is 48.1 Å². The summed E-state index contributed by atoms with van der Waals surface area (Å²) in [6, 6.07) is 4.37. The predicted octanol–water partition coefficient (Wildman–Crippen LogP) is 2.32. The zero-order valence-electron chi connectivity index (χ0n) is 31.1. The number of aliphatic hydroxyl groups excluding tert-OH is 2. The largest absolute Gasteiger partial charge is 0.493 e. The van der Waals surface area contributed by atoms with Crippen molar-refractivity contribution in [1.82, 2.24) is 10.7 Å². The Balaban J connectivity index is 1.12. The number of methoxy groups -OCH3 is 1. The van der Waals surface area contributed by atoms with Crippen molar-refractivity contribution in [2.24, 2.45) is 22.7 Å². The Bertz CT molecular complexity index is 1800. The SMILES string of the molecule is COc1cc(/C=C/C(=O)OCCCCON(O)O)ccc1OC(=O)CNC(=O)OCC(=O)C1(O)[C@H](O)C[C@H]2[C@@H]3CCC4=CC(=O)C=C[C@]4(C)[C@@]3(F)[C@@H](O)C[C@@]21C. The third kappa shape index (κ3) is 8.00. The fourth-order valence-corrected chi connectivity index (χ4v) is 8.93. The molecule has 0 spiro atoms. The molecule has 1 aromatic carbocycles. The van der Waals surface area contributed by atoms with Gasteiger partial charge in [0.25, 0.3) is 0 Å². The summed E-state index contributed by atoms with van der Waals surface area (Å²) in [4.78, 5) is 67.1. The molecule has 18 heteroatoms. The summed E-state index contributed by atoms with van der Waals surface area (Å²) in [6.45, 7) is 1.50. The number of halogens is 1. The lowest BCUT2D eigenvalue weighted by Gasteiger charge is -2.62. The van der Waals surface area contributed by atoms with Crippen LogP contribution < -0.4 is 14.8 Å². The fourth-order valence-electron chi connectivity index (χ4n) is 8.93. The van der Waals surface area contributed by atoms with Crippen LogP contribution in [0.4, 0.5) is 9.18 Å². The van der Waals surface area contributed by atoms with Crippen LogP contribution in [0.25, 0.3) is 6.08 Å². The third-order valence-electron chi connectivity index (χ3n) is 11.8. The Morgan fingerprint density at radius 2 is 1.77 bits per heavy atom. The van der Waals surface area contributed by atoms with Gasteiger partial charge in [-0.25, -0.2) is 18.8 Å². The zero-order chi connectivity index (χ0) is 41.1. The first-order valence-corrected chi connectivity index (χ1v) is 18.1. The number of Topliss-reactive ketones (excluding diaryl/α,β-unsaturated/α-hetero) is 1. The first kappa shape index (κ1) is 42.6. The number of carbonyl (C=O) groups is 5. The van der Waals surface area contributed by atoms with Crippen molar-refractivity contribution < 1.29 is 77.9 Å². The van der Waals surface area contributed by atoms with Crippen molar-refractivity contribution in [3.8, 4) is 11.5 Å². The van der Waals surface area contributed by atoms with E-state index in [1.165, 1.54) is 62.6 Å². The molecule has 17 nitrogen and oxygen atoms in total. The molecule has 0 bridgehead atoms. The number of unbranched alkanes of at least 4 members (excludes halogenated alkanes) is 1.